The Morgan fingerprint density at radius 3 is 1.44 bits per heavy atom. The lowest BCUT2D eigenvalue weighted by Gasteiger charge is -2.32. The van der Waals surface area contributed by atoms with E-state index in [9.17, 15) is 0 Å². The highest BCUT2D eigenvalue weighted by molar-refractivity contribution is 6.80. The van der Waals surface area contributed by atoms with Crippen molar-refractivity contribution in [3.8, 4) is 0 Å². The van der Waals surface area contributed by atoms with Crippen molar-refractivity contribution in [2.75, 3.05) is 6.54 Å². The van der Waals surface area contributed by atoms with Crippen molar-refractivity contribution < 1.29 is 0 Å². The second-order valence-corrected chi connectivity index (χ2v) is 21.5. The first kappa shape index (κ1) is 33.6. The van der Waals surface area contributed by atoms with Gasteiger partial charge in [0.05, 0.1) is 16.1 Å². The van der Waals surface area contributed by atoms with Gasteiger partial charge in [0.2, 0.25) is 0 Å². The van der Waals surface area contributed by atoms with Gasteiger partial charge in [-0.15, -0.1) is 13.2 Å². The number of unbranched alkanes of at least 4 members (excludes halogenated alkanes) is 5. The molecule has 3 heteroatoms. The van der Waals surface area contributed by atoms with E-state index in [0.717, 1.165) is 6.54 Å². The van der Waals surface area contributed by atoms with E-state index < -0.39 is 16.1 Å². The lowest BCUT2D eigenvalue weighted by Crippen LogP contribution is -2.33. The average Bonchev–Trinajstić information content (AvgIpc) is 2.74. The third-order valence-corrected chi connectivity index (χ3v) is 19.4. The molecule has 0 amide bonds. The smallest absolute Gasteiger partial charge is 0.0579 e. The van der Waals surface area contributed by atoms with Gasteiger partial charge in [-0.3, -0.25) is 4.99 Å². The van der Waals surface area contributed by atoms with Crippen LogP contribution in [-0.2, 0) is 0 Å². The highest BCUT2D eigenvalue weighted by Gasteiger charge is 2.30. The Morgan fingerprint density at radius 2 is 1.00 bits per heavy atom. The second kappa shape index (κ2) is 20.7. The Hall–Kier alpha value is -0.416. The molecule has 0 aromatic carbocycles. The summed E-state index contributed by atoms with van der Waals surface area (Å²) < 4.78 is 0. The van der Waals surface area contributed by atoms with Gasteiger partial charge < -0.3 is 0 Å². The molecule has 0 fully saturated rings. The van der Waals surface area contributed by atoms with Crippen molar-refractivity contribution in [1.29, 1.82) is 0 Å². The van der Waals surface area contributed by atoms with Crippen LogP contribution in [0.5, 0.6) is 0 Å². The van der Waals surface area contributed by atoms with E-state index >= 15 is 0 Å². The van der Waals surface area contributed by atoms with E-state index in [4.69, 9.17) is 4.99 Å². The normalized spacial score (nSPS) is 12.5. The van der Waals surface area contributed by atoms with Gasteiger partial charge in [-0.1, -0.05) is 133 Å². The Bertz CT molecular complexity index is 540. The van der Waals surface area contributed by atoms with E-state index in [1.807, 2.05) is 0 Å². The molecule has 0 aliphatic rings. The van der Waals surface area contributed by atoms with Gasteiger partial charge in [-0.25, -0.2) is 0 Å². The summed E-state index contributed by atoms with van der Waals surface area (Å²) in [5.74, 6) is 0. The summed E-state index contributed by atoms with van der Waals surface area (Å²) in [5.41, 5.74) is 2.85. The van der Waals surface area contributed by atoms with Gasteiger partial charge in [0.15, 0.2) is 0 Å². The summed E-state index contributed by atoms with van der Waals surface area (Å²) in [6, 6.07) is 11.6. The van der Waals surface area contributed by atoms with Crippen LogP contribution in [0.2, 0.25) is 48.4 Å². The van der Waals surface area contributed by atoms with Gasteiger partial charge in [0, 0.05) is 6.54 Å². The Kier molecular flexibility index (Phi) is 20.5. The molecule has 0 N–H and O–H groups in total. The van der Waals surface area contributed by atoms with Crippen molar-refractivity contribution in [2.24, 2.45) is 4.99 Å². The van der Waals surface area contributed by atoms with Crippen LogP contribution >= 0.6 is 0 Å². The summed E-state index contributed by atoms with van der Waals surface area (Å²) >= 11 is 0. The standard InChI is InChI=1S/C31H63NSi2/c1-9-22-33(23-10-2,28-30(5)6)26-18-16-14-13-15-17-20-32-21-19-27-34(24-11-3,25-12-4)29-31(7)8/h21H,5,7,9-20,22-29H2,1-4,6,8H3. The van der Waals surface area contributed by atoms with Gasteiger partial charge >= 0.3 is 0 Å². The average molecular weight is 506 g/mol. The summed E-state index contributed by atoms with van der Waals surface area (Å²) in [7, 11) is -2.29. The Morgan fingerprint density at radius 1 is 0.588 bits per heavy atom. The molecule has 0 radical (unpaired) electrons. The first-order chi connectivity index (χ1) is 16.3. The maximum Gasteiger partial charge on any atom is 0.0579 e. The molecule has 0 rings (SSSR count). The topological polar surface area (TPSA) is 12.4 Å². The molecular weight excluding hydrogens is 443 g/mol. The van der Waals surface area contributed by atoms with E-state index in [2.05, 4.69) is 60.9 Å². The van der Waals surface area contributed by atoms with Gasteiger partial charge in [0.25, 0.3) is 0 Å². The zero-order chi connectivity index (χ0) is 25.7. The van der Waals surface area contributed by atoms with Crippen molar-refractivity contribution in [3.05, 3.63) is 24.3 Å². The first-order valence-corrected chi connectivity index (χ1v) is 20.7. The summed E-state index contributed by atoms with van der Waals surface area (Å²) in [4.78, 5) is 4.78. The quantitative estimate of drug-likeness (QED) is 0.0535. The summed E-state index contributed by atoms with van der Waals surface area (Å²) in [6.45, 7) is 23.5. The van der Waals surface area contributed by atoms with Crippen molar-refractivity contribution >= 4 is 22.4 Å². The van der Waals surface area contributed by atoms with Crippen LogP contribution in [0.1, 0.15) is 112 Å². The number of allylic oxidation sites excluding steroid dienone is 2. The lowest BCUT2D eigenvalue weighted by molar-refractivity contribution is 0.609. The molecule has 0 unspecified atom stereocenters. The predicted octanol–water partition coefficient (Wildman–Crippen LogP) is 11.5. The Labute approximate surface area is 218 Å². The van der Waals surface area contributed by atoms with Gasteiger partial charge in [-0.05, 0) is 45.0 Å². The van der Waals surface area contributed by atoms with Crippen LogP contribution in [0.4, 0.5) is 0 Å². The minimum absolute atomic E-state index is 1.04. The van der Waals surface area contributed by atoms with Gasteiger partial charge in [0.1, 0.15) is 0 Å². The molecule has 0 aliphatic carbocycles. The van der Waals surface area contributed by atoms with Crippen molar-refractivity contribution in [1.82, 2.24) is 0 Å². The van der Waals surface area contributed by atoms with E-state index in [1.165, 1.54) is 130 Å². The maximum absolute atomic E-state index is 4.78. The molecule has 0 aromatic heterocycles. The zero-order valence-electron chi connectivity index (χ0n) is 24.6. The van der Waals surface area contributed by atoms with Crippen LogP contribution < -0.4 is 0 Å². The number of nitrogens with zero attached hydrogens (tertiary/aromatic N) is 1. The van der Waals surface area contributed by atoms with Crippen LogP contribution in [-0.4, -0.2) is 28.9 Å². The number of hydrogen-bond donors (Lipinski definition) is 0. The van der Waals surface area contributed by atoms with Crippen LogP contribution in [0, 0.1) is 0 Å². The van der Waals surface area contributed by atoms with E-state index in [1.54, 1.807) is 0 Å². The highest BCUT2D eigenvalue weighted by atomic mass is 28.3. The SMILES string of the molecule is C=C(C)C[Si](CCC)(CCC)CCC=NCCCCCCCC[Si](CCC)(CCC)CC(=C)C. The number of rotatable bonds is 24. The third-order valence-electron chi connectivity index (χ3n) is 7.65. The molecule has 0 atom stereocenters. The number of hydrogen-bond acceptors (Lipinski definition) is 1. The van der Waals surface area contributed by atoms with Crippen molar-refractivity contribution in [3.63, 3.8) is 0 Å². The monoisotopic (exact) mass is 505 g/mol. The Balaban J connectivity index is 4.13. The van der Waals surface area contributed by atoms with E-state index in [-0.39, 0.29) is 0 Å². The fourth-order valence-electron chi connectivity index (χ4n) is 6.65. The third kappa shape index (κ3) is 16.3. The lowest BCUT2D eigenvalue weighted by atomic mass is 10.1. The molecule has 0 heterocycles. The zero-order valence-corrected chi connectivity index (χ0v) is 26.6. The molecular formula is C31H63NSi2. The number of aliphatic imine (C=N–C) groups is 1. The highest BCUT2D eigenvalue weighted by Crippen LogP contribution is 2.34. The first-order valence-electron chi connectivity index (χ1n) is 15.1. The maximum atomic E-state index is 4.78. The molecule has 0 aromatic rings. The molecule has 200 valence electrons. The predicted molar refractivity (Wildman–Crippen MR) is 166 cm³/mol. The van der Waals surface area contributed by atoms with Crippen molar-refractivity contribution in [2.45, 2.75) is 161 Å². The molecule has 0 aliphatic heterocycles. The second-order valence-electron chi connectivity index (χ2n) is 11.8. The van der Waals surface area contributed by atoms with Gasteiger partial charge in [-0.2, -0.15) is 0 Å². The molecule has 34 heavy (non-hydrogen) atoms. The summed E-state index contributed by atoms with van der Waals surface area (Å²) in [5, 5.41) is 0. The molecule has 1 nitrogen and oxygen atoms in total. The summed E-state index contributed by atoms with van der Waals surface area (Å²) in [6.07, 6.45) is 17.2. The molecule has 0 saturated heterocycles. The van der Waals surface area contributed by atoms with E-state index in [0.29, 0.717) is 0 Å². The molecule has 0 saturated carbocycles. The fourth-order valence-corrected chi connectivity index (χ4v) is 17.8. The molecule has 0 bridgehead atoms. The minimum Gasteiger partial charge on any atom is -0.298 e. The largest absolute Gasteiger partial charge is 0.298 e. The minimum atomic E-state index is -1.18. The van der Waals surface area contributed by atoms with Crippen LogP contribution in [0.15, 0.2) is 29.3 Å². The van der Waals surface area contributed by atoms with Crippen LogP contribution in [0.25, 0.3) is 0 Å². The fraction of sp³-hybridized carbons (Fsp3) is 0.839. The molecule has 0 spiro atoms. The van der Waals surface area contributed by atoms with Crippen LogP contribution in [0.3, 0.4) is 0 Å².